The fraction of sp³-hybridized carbons (Fsp3) is 0.650. The molecule has 3 heterocycles. The van der Waals surface area contributed by atoms with Gasteiger partial charge in [0.25, 0.3) is 5.91 Å². The van der Waals surface area contributed by atoms with Crippen molar-refractivity contribution < 1.29 is 14.3 Å². The van der Waals surface area contributed by atoms with Gasteiger partial charge in [-0.2, -0.15) is 0 Å². The van der Waals surface area contributed by atoms with Crippen LogP contribution in [0.5, 0.6) is 5.75 Å². The molecule has 0 aliphatic carbocycles. The fourth-order valence-electron chi connectivity index (χ4n) is 4.29. The number of ether oxygens (including phenoxy) is 2. The van der Waals surface area contributed by atoms with Crippen LogP contribution in [0.1, 0.15) is 36.0 Å². The number of likely N-dealkylation sites (tertiary alicyclic amines) is 1. The van der Waals surface area contributed by atoms with Crippen LogP contribution in [0.2, 0.25) is 0 Å². The molecule has 6 heteroatoms. The van der Waals surface area contributed by atoms with Gasteiger partial charge in [-0.3, -0.25) is 4.79 Å². The van der Waals surface area contributed by atoms with Crippen molar-refractivity contribution >= 4 is 18.3 Å². The van der Waals surface area contributed by atoms with Crippen LogP contribution in [-0.2, 0) is 4.74 Å². The van der Waals surface area contributed by atoms with Crippen LogP contribution in [0.3, 0.4) is 0 Å². The molecule has 0 saturated carbocycles. The first kappa shape index (κ1) is 19.5. The number of hydrogen-bond donors (Lipinski definition) is 1. The number of amides is 1. The molecule has 26 heavy (non-hydrogen) atoms. The van der Waals surface area contributed by atoms with Gasteiger partial charge < -0.3 is 19.7 Å². The number of halogens is 1. The largest absolute Gasteiger partial charge is 0.491 e. The highest BCUT2D eigenvalue weighted by atomic mass is 35.5. The SMILES string of the molecule is Cl.O=C(c1cccc(OCC2CCCO2)c1)N1CC[C@@H]2CNC[C@@H]2CC1. The summed E-state index contributed by atoms with van der Waals surface area (Å²) in [6, 6.07) is 7.61. The second-order valence-electron chi connectivity index (χ2n) is 7.52. The smallest absolute Gasteiger partial charge is 0.253 e. The zero-order chi connectivity index (χ0) is 17.1. The molecule has 144 valence electrons. The lowest BCUT2D eigenvalue weighted by molar-refractivity contribution is 0.0677. The van der Waals surface area contributed by atoms with Crippen molar-refractivity contribution in [1.29, 1.82) is 0 Å². The molecule has 1 aromatic rings. The molecule has 3 atom stereocenters. The Morgan fingerprint density at radius 1 is 1.19 bits per heavy atom. The normalized spacial score (nSPS) is 28.2. The first-order valence-electron chi connectivity index (χ1n) is 9.64. The van der Waals surface area contributed by atoms with Crippen LogP contribution in [-0.4, -0.2) is 56.3 Å². The summed E-state index contributed by atoms with van der Waals surface area (Å²) in [5.74, 6) is 2.37. The Kier molecular flexibility index (Phi) is 6.79. The van der Waals surface area contributed by atoms with Crippen LogP contribution >= 0.6 is 12.4 Å². The Morgan fingerprint density at radius 3 is 2.65 bits per heavy atom. The van der Waals surface area contributed by atoms with E-state index >= 15 is 0 Å². The highest BCUT2D eigenvalue weighted by Crippen LogP contribution is 2.28. The van der Waals surface area contributed by atoms with Gasteiger partial charge in [0.1, 0.15) is 12.4 Å². The van der Waals surface area contributed by atoms with Crippen molar-refractivity contribution in [3.05, 3.63) is 29.8 Å². The number of rotatable bonds is 4. The summed E-state index contributed by atoms with van der Waals surface area (Å²) in [5, 5.41) is 3.48. The zero-order valence-electron chi connectivity index (χ0n) is 15.2. The molecule has 3 aliphatic rings. The summed E-state index contributed by atoms with van der Waals surface area (Å²) in [4.78, 5) is 14.9. The average Bonchev–Trinajstić information content (AvgIpc) is 3.28. The van der Waals surface area contributed by atoms with Crippen LogP contribution in [0.15, 0.2) is 24.3 Å². The Bertz CT molecular complexity index is 592. The first-order valence-corrected chi connectivity index (χ1v) is 9.64. The molecular formula is C20H29ClN2O3. The molecule has 1 aromatic carbocycles. The van der Waals surface area contributed by atoms with Crippen LogP contribution in [0, 0.1) is 11.8 Å². The van der Waals surface area contributed by atoms with Gasteiger partial charge in [-0.15, -0.1) is 12.4 Å². The molecule has 0 aromatic heterocycles. The molecule has 0 radical (unpaired) electrons. The highest BCUT2D eigenvalue weighted by Gasteiger charge is 2.31. The van der Waals surface area contributed by atoms with Gasteiger partial charge in [-0.05, 0) is 68.8 Å². The summed E-state index contributed by atoms with van der Waals surface area (Å²) < 4.78 is 11.4. The van der Waals surface area contributed by atoms with E-state index < -0.39 is 0 Å². The van der Waals surface area contributed by atoms with Crippen molar-refractivity contribution in [1.82, 2.24) is 10.2 Å². The summed E-state index contributed by atoms with van der Waals surface area (Å²) in [6.07, 6.45) is 4.58. The fourth-order valence-corrected chi connectivity index (χ4v) is 4.29. The topological polar surface area (TPSA) is 50.8 Å². The number of fused-ring (bicyclic) bond motifs is 1. The van der Waals surface area contributed by atoms with Gasteiger partial charge in [-0.1, -0.05) is 6.07 Å². The monoisotopic (exact) mass is 380 g/mol. The van der Waals surface area contributed by atoms with E-state index in [1.54, 1.807) is 0 Å². The second kappa shape index (κ2) is 9.07. The Morgan fingerprint density at radius 2 is 1.96 bits per heavy atom. The molecule has 0 spiro atoms. The number of nitrogens with zero attached hydrogens (tertiary/aromatic N) is 1. The van der Waals surface area contributed by atoms with Crippen molar-refractivity contribution in [3.63, 3.8) is 0 Å². The average molecular weight is 381 g/mol. The van der Waals surface area contributed by atoms with Gasteiger partial charge >= 0.3 is 0 Å². The number of carbonyl (C=O) groups excluding carboxylic acids is 1. The summed E-state index contributed by atoms with van der Waals surface area (Å²) in [6.45, 7) is 5.35. The molecule has 3 saturated heterocycles. The Labute approximate surface area is 161 Å². The number of nitrogens with one attached hydrogen (secondary N) is 1. The van der Waals surface area contributed by atoms with Crippen LogP contribution in [0.25, 0.3) is 0 Å². The lowest BCUT2D eigenvalue weighted by Crippen LogP contribution is -2.32. The molecular weight excluding hydrogens is 352 g/mol. The van der Waals surface area contributed by atoms with E-state index in [4.69, 9.17) is 9.47 Å². The molecule has 3 aliphatic heterocycles. The van der Waals surface area contributed by atoms with Crippen molar-refractivity contribution in [2.45, 2.75) is 31.8 Å². The van der Waals surface area contributed by atoms with Gasteiger partial charge in [-0.25, -0.2) is 0 Å². The van der Waals surface area contributed by atoms with Gasteiger partial charge in [0.05, 0.1) is 6.10 Å². The predicted octanol–water partition coefficient (Wildman–Crippen LogP) is 2.74. The summed E-state index contributed by atoms with van der Waals surface area (Å²) in [7, 11) is 0. The lowest BCUT2D eigenvalue weighted by atomic mass is 9.92. The minimum atomic E-state index is 0. The first-order chi connectivity index (χ1) is 12.3. The Hall–Kier alpha value is -1.30. The number of benzene rings is 1. The lowest BCUT2D eigenvalue weighted by Gasteiger charge is -2.21. The molecule has 3 fully saturated rings. The van der Waals surface area contributed by atoms with Gasteiger partial charge in [0.2, 0.25) is 0 Å². The number of carbonyl (C=O) groups is 1. The molecule has 1 amide bonds. The quantitative estimate of drug-likeness (QED) is 0.872. The molecule has 1 unspecified atom stereocenters. The van der Waals surface area contributed by atoms with Crippen molar-refractivity contribution in [2.24, 2.45) is 11.8 Å². The predicted molar refractivity (Wildman–Crippen MR) is 103 cm³/mol. The van der Waals surface area contributed by atoms with Crippen LogP contribution in [0.4, 0.5) is 0 Å². The standard InChI is InChI=1S/C20H28N2O3.ClH/c23-20(22-8-6-16-12-21-13-17(16)7-9-22)15-3-1-4-18(11-15)25-14-19-5-2-10-24-19;/h1,3-4,11,16-17,19,21H,2,5-10,12-14H2;1H/t16-,17+,19?;. The van der Waals surface area contributed by atoms with E-state index in [9.17, 15) is 4.79 Å². The molecule has 5 nitrogen and oxygen atoms in total. The second-order valence-corrected chi connectivity index (χ2v) is 7.52. The maximum Gasteiger partial charge on any atom is 0.253 e. The van der Waals surface area contributed by atoms with Crippen LogP contribution < -0.4 is 10.1 Å². The third-order valence-electron chi connectivity index (χ3n) is 5.85. The molecule has 0 bridgehead atoms. The highest BCUT2D eigenvalue weighted by molar-refractivity contribution is 5.94. The maximum absolute atomic E-state index is 12.9. The minimum absolute atomic E-state index is 0. The molecule has 4 rings (SSSR count). The van der Waals surface area contributed by atoms with Crippen molar-refractivity contribution in [2.75, 3.05) is 39.4 Å². The maximum atomic E-state index is 12.9. The summed E-state index contributed by atoms with van der Waals surface area (Å²) >= 11 is 0. The minimum Gasteiger partial charge on any atom is -0.491 e. The number of hydrogen-bond acceptors (Lipinski definition) is 4. The van der Waals surface area contributed by atoms with E-state index in [-0.39, 0.29) is 24.4 Å². The van der Waals surface area contributed by atoms with Gasteiger partial charge in [0.15, 0.2) is 0 Å². The van der Waals surface area contributed by atoms with E-state index in [1.165, 1.54) is 0 Å². The van der Waals surface area contributed by atoms with Crippen molar-refractivity contribution in [3.8, 4) is 5.75 Å². The van der Waals surface area contributed by atoms with E-state index in [2.05, 4.69) is 5.32 Å². The third kappa shape index (κ3) is 4.51. The third-order valence-corrected chi connectivity index (χ3v) is 5.85. The molecule has 1 N–H and O–H groups in total. The van der Waals surface area contributed by atoms with E-state index in [1.807, 2.05) is 29.2 Å². The Balaban J connectivity index is 0.00000196. The van der Waals surface area contributed by atoms with Gasteiger partial charge in [0, 0.05) is 25.3 Å². The van der Waals surface area contributed by atoms with E-state index in [0.29, 0.717) is 6.61 Å². The summed E-state index contributed by atoms with van der Waals surface area (Å²) in [5.41, 5.74) is 0.732. The zero-order valence-corrected chi connectivity index (χ0v) is 16.0. The van der Waals surface area contributed by atoms with E-state index in [0.717, 1.165) is 81.6 Å².